The second-order valence-corrected chi connectivity index (χ2v) is 5.77. The molecular weight excluding hydrogens is 350 g/mol. The van der Waals surface area contributed by atoms with Crippen molar-refractivity contribution in [2.45, 2.75) is 0 Å². The molecule has 0 saturated heterocycles. The number of imidazole rings is 1. The highest BCUT2D eigenvalue weighted by atomic mass is 16.6. The third-order valence-corrected chi connectivity index (χ3v) is 4.07. The second kappa shape index (κ2) is 6.75. The van der Waals surface area contributed by atoms with E-state index in [-0.39, 0.29) is 30.6 Å². The van der Waals surface area contributed by atoms with Crippen LogP contribution in [0.15, 0.2) is 48.7 Å². The maximum atomic E-state index is 12.3. The lowest BCUT2D eigenvalue weighted by molar-refractivity contribution is -0.389. The summed E-state index contributed by atoms with van der Waals surface area (Å²) in [6.45, 7) is 0.532. The molecule has 0 saturated carbocycles. The van der Waals surface area contributed by atoms with Crippen LogP contribution >= 0.6 is 0 Å². The normalized spacial score (nSPS) is 11.0. The summed E-state index contributed by atoms with van der Waals surface area (Å²) < 4.78 is 1.40. The SMILES string of the molecule is O=C(NCCNc1nc2ccccn2c1[N+](=O)[O-])c1n[nH]c2ccccc12. The number of carbonyl (C=O) groups excluding carboxylic acids is 1. The molecule has 4 aromatic rings. The van der Waals surface area contributed by atoms with Gasteiger partial charge in [-0.15, -0.1) is 0 Å². The predicted octanol–water partition coefficient (Wildman–Crippen LogP) is 1.96. The fraction of sp³-hybridized carbons (Fsp3) is 0.118. The first-order valence-electron chi connectivity index (χ1n) is 8.22. The molecule has 27 heavy (non-hydrogen) atoms. The molecule has 0 unspecified atom stereocenters. The third kappa shape index (κ3) is 3.03. The Morgan fingerprint density at radius 1 is 1.19 bits per heavy atom. The van der Waals surface area contributed by atoms with Crippen molar-refractivity contribution < 1.29 is 9.72 Å². The number of H-pyrrole nitrogens is 1. The molecule has 0 bridgehead atoms. The van der Waals surface area contributed by atoms with Gasteiger partial charge >= 0.3 is 5.82 Å². The molecule has 0 spiro atoms. The molecule has 10 heteroatoms. The number of pyridine rings is 1. The average Bonchev–Trinajstić information content (AvgIpc) is 3.26. The lowest BCUT2D eigenvalue weighted by atomic mass is 10.2. The van der Waals surface area contributed by atoms with Gasteiger partial charge in [-0.1, -0.05) is 24.3 Å². The van der Waals surface area contributed by atoms with Gasteiger partial charge < -0.3 is 20.7 Å². The first kappa shape index (κ1) is 16.5. The summed E-state index contributed by atoms with van der Waals surface area (Å²) in [6.07, 6.45) is 1.58. The van der Waals surface area contributed by atoms with E-state index in [0.29, 0.717) is 11.3 Å². The molecule has 3 aromatic heterocycles. The third-order valence-electron chi connectivity index (χ3n) is 4.07. The molecule has 4 rings (SSSR count). The zero-order valence-electron chi connectivity index (χ0n) is 14.0. The quantitative estimate of drug-likeness (QED) is 0.272. The molecule has 1 amide bonds. The number of rotatable bonds is 6. The Morgan fingerprint density at radius 2 is 2.00 bits per heavy atom. The standard InChI is InChI=1S/C17H15N7O3/c25-16(14-11-5-1-2-6-12(11)21-22-14)19-9-8-18-15-17(24(26)27)23-10-4-3-7-13(23)20-15/h1-7,10,18H,8-9H2,(H,19,25)(H,21,22). The van der Waals surface area contributed by atoms with E-state index in [4.69, 9.17) is 0 Å². The monoisotopic (exact) mass is 365 g/mol. The molecule has 1 aromatic carbocycles. The zero-order valence-corrected chi connectivity index (χ0v) is 14.0. The molecule has 0 radical (unpaired) electrons. The molecular formula is C17H15N7O3. The highest BCUT2D eigenvalue weighted by Gasteiger charge is 2.22. The van der Waals surface area contributed by atoms with Crippen LogP contribution < -0.4 is 10.6 Å². The van der Waals surface area contributed by atoms with Gasteiger partial charge in [-0.3, -0.25) is 9.89 Å². The highest BCUT2D eigenvalue weighted by molar-refractivity contribution is 6.04. The smallest absolute Gasteiger partial charge is 0.361 e. The van der Waals surface area contributed by atoms with Crippen molar-refractivity contribution in [1.29, 1.82) is 0 Å². The molecule has 3 N–H and O–H groups in total. The van der Waals surface area contributed by atoms with Crippen molar-refractivity contribution in [3.63, 3.8) is 0 Å². The van der Waals surface area contributed by atoms with E-state index in [0.717, 1.165) is 10.9 Å². The molecule has 0 aliphatic carbocycles. The van der Waals surface area contributed by atoms with Crippen LogP contribution in [0.3, 0.4) is 0 Å². The first-order chi connectivity index (χ1) is 13.1. The van der Waals surface area contributed by atoms with Crippen molar-refractivity contribution in [3.05, 3.63) is 64.5 Å². The van der Waals surface area contributed by atoms with Gasteiger partial charge in [0.1, 0.15) is 0 Å². The van der Waals surface area contributed by atoms with E-state index >= 15 is 0 Å². The van der Waals surface area contributed by atoms with Crippen LogP contribution in [-0.4, -0.2) is 43.5 Å². The van der Waals surface area contributed by atoms with Gasteiger partial charge in [0.15, 0.2) is 5.69 Å². The molecule has 0 fully saturated rings. The number of hydrogen-bond donors (Lipinski definition) is 3. The van der Waals surface area contributed by atoms with Gasteiger partial charge in [0.2, 0.25) is 11.5 Å². The summed E-state index contributed by atoms with van der Waals surface area (Å²) >= 11 is 0. The number of amides is 1. The minimum absolute atomic E-state index is 0.143. The number of para-hydroxylation sites is 1. The Balaban J connectivity index is 1.42. The summed E-state index contributed by atoms with van der Waals surface area (Å²) in [5.41, 5.74) is 1.56. The number of hydrogen-bond acceptors (Lipinski definition) is 6. The van der Waals surface area contributed by atoms with Gasteiger partial charge in [-0.25, -0.2) is 0 Å². The van der Waals surface area contributed by atoms with Crippen molar-refractivity contribution in [2.75, 3.05) is 18.4 Å². The van der Waals surface area contributed by atoms with Crippen LogP contribution in [0.5, 0.6) is 0 Å². The molecule has 0 aliphatic heterocycles. The van der Waals surface area contributed by atoms with E-state index in [9.17, 15) is 14.9 Å². The Kier molecular flexibility index (Phi) is 4.13. The average molecular weight is 365 g/mol. The predicted molar refractivity (Wildman–Crippen MR) is 98.8 cm³/mol. The Hall–Kier alpha value is -3.95. The number of nitrogens with one attached hydrogen (secondary N) is 3. The van der Waals surface area contributed by atoms with Gasteiger partial charge in [-0.2, -0.15) is 14.5 Å². The number of anilines is 1. The van der Waals surface area contributed by atoms with Crippen molar-refractivity contribution in [1.82, 2.24) is 24.9 Å². The number of aromatic nitrogens is 4. The highest BCUT2D eigenvalue weighted by Crippen LogP contribution is 2.24. The van der Waals surface area contributed by atoms with Crippen LogP contribution in [-0.2, 0) is 0 Å². The first-order valence-corrected chi connectivity index (χ1v) is 8.22. The fourth-order valence-electron chi connectivity index (χ4n) is 2.85. The maximum absolute atomic E-state index is 12.3. The molecule has 10 nitrogen and oxygen atoms in total. The largest absolute Gasteiger partial charge is 0.372 e. The molecule has 3 heterocycles. The number of nitrogens with zero attached hydrogens (tertiary/aromatic N) is 4. The van der Waals surface area contributed by atoms with Crippen molar-refractivity contribution in [3.8, 4) is 0 Å². The second-order valence-electron chi connectivity index (χ2n) is 5.77. The van der Waals surface area contributed by atoms with E-state index in [1.54, 1.807) is 24.4 Å². The van der Waals surface area contributed by atoms with Crippen LogP contribution in [0.4, 0.5) is 11.6 Å². The summed E-state index contributed by atoms with van der Waals surface area (Å²) in [4.78, 5) is 27.4. The number of nitro groups is 1. The van der Waals surface area contributed by atoms with Crippen molar-refractivity contribution in [2.24, 2.45) is 0 Å². The van der Waals surface area contributed by atoms with Crippen LogP contribution in [0, 0.1) is 10.1 Å². The van der Waals surface area contributed by atoms with Gasteiger partial charge in [0, 0.05) is 24.5 Å². The number of carbonyl (C=O) groups is 1. The summed E-state index contributed by atoms with van der Waals surface area (Å²) in [6, 6.07) is 12.5. The lowest BCUT2D eigenvalue weighted by Crippen LogP contribution is -2.29. The van der Waals surface area contributed by atoms with Gasteiger partial charge in [0.25, 0.3) is 5.91 Å². The maximum Gasteiger partial charge on any atom is 0.372 e. The van der Waals surface area contributed by atoms with E-state index in [1.165, 1.54) is 4.40 Å². The minimum atomic E-state index is -0.489. The van der Waals surface area contributed by atoms with Crippen LogP contribution in [0.1, 0.15) is 10.5 Å². The fourth-order valence-corrected chi connectivity index (χ4v) is 2.85. The Labute approximate surface area is 152 Å². The number of fused-ring (bicyclic) bond motifs is 2. The summed E-state index contributed by atoms with van der Waals surface area (Å²) in [7, 11) is 0. The molecule has 0 atom stereocenters. The Morgan fingerprint density at radius 3 is 2.85 bits per heavy atom. The lowest BCUT2D eigenvalue weighted by Gasteiger charge is -2.05. The Bertz CT molecular complexity index is 1150. The van der Waals surface area contributed by atoms with Crippen LogP contribution in [0.25, 0.3) is 16.6 Å². The topological polar surface area (TPSA) is 130 Å². The van der Waals surface area contributed by atoms with Gasteiger partial charge in [0.05, 0.1) is 11.7 Å². The van der Waals surface area contributed by atoms with Crippen LogP contribution in [0.2, 0.25) is 0 Å². The molecule has 136 valence electrons. The van der Waals surface area contributed by atoms with Crippen molar-refractivity contribution >= 4 is 34.1 Å². The number of benzene rings is 1. The summed E-state index contributed by atoms with van der Waals surface area (Å²) in [5.74, 6) is -0.306. The van der Waals surface area contributed by atoms with Gasteiger partial charge in [-0.05, 0) is 17.1 Å². The van der Waals surface area contributed by atoms with E-state index in [2.05, 4.69) is 25.8 Å². The zero-order chi connectivity index (χ0) is 18.8. The minimum Gasteiger partial charge on any atom is -0.361 e. The van der Waals surface area contributed by atoms with E-state index in [1.807, 2.05) is 24.3 Å². The molecule has 0 aliphatic rings. The number of aromatic amines is 1. The van der Waals surface area contributed by atoms with E-state index < -0.39 is 4.92 Å². The summed E-state index contributed by atoms with van der Waals surface area (Å²) in [5, 5.41) is 24.6.